The minimum Gasteiger partial charge on any atom is -0.462 e. The Morgan fingerprint density at radius 3 is 0.807 bits per heavy atom. The first-order valence-corrected chi connectivity index (χ1v) is 39.1. The molecule has 0 radical (unpaired) electrons. The van der Waals surface area contributed by atoms with Crippen molar-refractivity contribution in [2.45, 2.75) is 368 Å². The summed E-state index contributed by atoms with van der Waals surface area (Å²) in [6, 6.07) is 0. The fourth-order valence-corrected chi connectivity index (χ4v) is 11.9. The lowest BCUT2D eigenvalue weighted by atomic mass is 9.99. The van der Waals surface area contributed by atoms with Crippen LogP contribution in [-0.2, 0) is 65.4 Å². The Balaban J connectivity index is 5.24. The molecule has 0 saturated carbocycles. The van der Waals surface area contributed by atoms with Gasteiger partial charge in [-0.15, -0.1) is 0 Å². The van der Waals surface area contributed by atoms with Gasteiger partial charge in [-0.25, -0.2) is 9.13 Å². The Morgan fingerprint density at radius 2 is 0.545 bits per heavy atom. The van der Waals surface area contributed by atoms with E-state index in [0.29, 0.717) is 25.7 Å². The molecule has 88 heavy (non-hydrogen) atoms. The number of carbonyl (C=O) groups is 4. The number of aliphatic hydroxyl groups is 1. The summed E-state index contributed by atoms with van der Waals surface area (Å²) in [7, 11) is -9.90. The molecule has 0 aromatic heterocycles. The summed E-state index contributed by atoms with van der Waals surface area (Å²) in [5.41, 5.74) is 0. The molecular formula is C69H134O17P2. The van der Waals surface area contributed by atoms with Crippen molar-refractivity contribution in [2.24, 2.45) is 11.8 Å². The van der Waals surface area contributed by atoms with E-state index in [1.807, 2.05) is 0 Å². The second-order valence-electron chi connectivity index (χ2n) is 25.4. The molecule has 3 N–H and O–H groups in total. The third kappa shape index (κ3) is 60.3. The van der Waals surface area contributed by atoms with E-state index >= 15 is 0 Å². The Hall–Kier alpha value is -1.94. The van der Waals surface area contributed by atoms with Crippen LogP contribution < -0.4 is 0 Å². The maximum atomic E-state index is 13.0. The van der Waals surface area contributed by atoms with Gasteiger partial charge >= 0.3 is 39.5 Å². The lowest BCUT2D eigenvalue weighted by molar-refractivity contribution is -0.161. The first-order valence-electron chi connectivity index (χ1n) is 36.1. The van der Waals surface area contributed by atoms with Gasteiger partial charge in [-0.2, -0.15) is 0 Å². The number of hydrogen-bond donors (Lipinski definition) is 3. The normalized spacial score (nSPS) is 14.8. The number of phosphoric acid groups is 2. The predicted octanol–water partition coefficient (Wildman–Crippen LogP) is 19.6. The van der Waals surface area contributed by atoms with Gasteiger partial charge in [0.15, 0.2) is 12.2 Å². The molecule has 0 fully saturated rings. The molecule has 17 nitrogen and oxygen atoms in total. The van der Waals surface area contributed by atoms with Crippen LogP contribution >= 0.6 is 15.6 Å². The van der Waals surface area contributed by atoms with Crippen molar-refractivity contribution in [3.63, 3.8) is 0 Å². The standard InChI is InChI=1S/C69H134O17P2/c1-7-11-13-15-17-19-20-21-29-35-41-47-53-68(73)85-64(57-79-66(71)51-45-39-33-18-16-14-12-8-2)59-83-87(75,76)81-55-63(70)56-82-88(77,78)84-60-65(86-69(74)54-48-42-36-30-25-23-27-32-38-44-50-62(6)10-4)58-80-67(72)52-46-40-34-28-24-22-26-31-37-43-49-61(5)9-3/h61-65,70H,7-60H2,1-6H3,(H,75,76)(H,77,78)/t61?,62?,63-,64+,65+/m0/s1. The zero-order chi connectivity index (χ0) is 65.0. The molecule has 7 atom stereocenters. The molecule has 0 aromatic rings. The van der Waals surface area contributed by atoms with E-state index in [2.05, 4.69) is 41.5 Å². The van der Waals surface area contributed by atoms with E-state index in [0.717, 1.165) is 108 Å². The molecule has 19 heteroatoms. The van der Waals surface area contributed by atoms with Crippen molar-refractivity contribution >= 4 is 39.5 Å². The summed E-state index contributed by atoms with van der Waals surface area (Å²) >= 11 is 0. The summed E-state index contributed by atoms with van der Waals surface area (Å²) < 4.78 is 68.2. The Bertz CT molecular complexity index is 1720. The van der Waals surface area contributed by atoms with E-state index in [9.17, 15) is 43.2 Å². The van der Waals surface area contributed by atoms with Crippen LogP contribution in [0.15, 0.2) is 0 Å². The lowest BCUT2D eigenvalue weighted by Gasteiger charge is -2.21. The number of phosphoric ester groups is 2. The number of aliphatic hydroxyl groups excluding tert-OH is 1. The summed E-state index contributed by atoms with van der Waals surface area (Å²) in [4.78, 5) is 72.4. The lowest BCUT2D eigenvalue weighted by Crippen LogP contribution is -2.30. The van der Waals surface area contributed by atoms with Crippen molar-refractivity contribution in [3.8, 4) is 0 Å². The Morgan fingerprint density at radius 1 is 0.318 bits per heavy atom. The van der Waals surface area contributed by atoms with Crippen LogP contribution in [0.25, 0.3) is 0 Å². The van der Waals surface area contributed by atoms with E-state index in [1.54, 1.807) is 0 Å². The molecule has 0 spiro atoms. The molecule has 0 aliphatic carbocycles. The average Bonchev–Trinajstić information content (AvgIpc) is 3.72. The van der Waals surface area contributed by atoms with Crippen LogP contribution in [0.4, 0.5) is 0 Å². The first-order chi connectivity index (χ1) is 42.4. The minimum absolute atomic E-state index is 0.106. The second kappa shape index (κ2) is 61.3. The highest BCUT2D eigenvalue weighted by atomic mass is 31.2. The molecule has 0 aliphatic heterocycles. The Labute approximate surface area is 537 Å². The van der Waals surface area contributed by atoms with Gasteiger partial charge in [-0.3, -0.25) is 37.3 Å². The molecule has 0 bridgehead atoms. The molecule has 0 saturated heterocycles. The average molecular weight is 1300 g/mol. The minimum atomic E-state index is -4.95. The molecule has 0 aromatic carbocycles. The van der Waals surface area contributed by atoms with Crippen molar-refractivity contribution < 1.29 is 80.2 Å². The fraction of sp³-hybridized carbons (Fsp3) is 0.942. The zero-order valence-electron chi connectivity index (χ0n) is 57.0. The summed E-state index contributed by atoms with van der Waals surface area (Å²) in [5.74, 6) is -0.514. The third-order valence-electron chi connectivity index (χ3n) is 16.7. The summed E-state index contributed by atoms with van der Waals surface area (Å²) in [6.45, 7) is 9.57. The van der Waals surface area contributed by atoms with Crippen LogP contribution in [0.1, 0.15) is 350 Å². The van der Waals surface area contributed by atoms with Crippen LogP contribution in [0.2, 0.25) is 0 Å². The van der Waals surface area contributed by atoms with E-state index in [-0.39, 0.29) is 25.7 Å². The molecule has 0 amide bonds. The van der Waals surface area contributed by atoms with Gasteiger partial charge < -0.3 is 33.8 Å². The molecular weight excluding hydrogens is 1160 g/mol. The molecule has 0 aliphatic rings. The van der Waals surface area contributed by atoms with Crippen molar-refractivity contribution in [1.82, 2.24) is 0 Å². The van der Waals surface area contributed by atoms with Gasteiger partial charge in [0.25, 0.3) is 0 Å². The van der Waals surface area contributed by atoms with Gasteiger partial charge in [-0.1, -0.05) is 298 Å². The summed E-state index contributed by atoms with van der Waals surface area (Å²) in [5, 5.41) is 10.6. The van der Waals surface area contributed by atoms with Crippen molar-refractivity contribution in [2.75, 3.05) is 39.6 Å². The number of esters is 4. The summed E-state index contributed by atoms with van der Waals surface area (Å²) in [6.07, 6.45) is 45.6. The maximum Gasteiger partial charge on any atom is 0.472 e. The molecule has 4 unspecified atom stereocenters. The fourth-order valence-electron chi connectivity index (χ4n) is 10.4. The molecule has 0 rings (SSSR count). The third-order valence-corrected chi connectivity index (χ3v) is 18.6. The van der Waals surface area contributed by atoms with Gasteiger partial charge in [-0.05, 0) is 37.5 Å². The van der Waals surface area contributed by atoms with Gasteiger partial charge in [0.1, 0.15) is 19.3 Å². The van der Waals surface area contributed by atoms with Crippen LogP contribution in [0, 0.1) is 11.8 Å². The maximum absolute atomic E-state index is 13.0. The number of rotatable bonds is 68. The van der Waals surface area contributed by atoms with E-state index in [1.165, 1.54) is 161 Å². The monoisotopic (exact) mass is 1300 g/mol. The topological polar surface area (TPSA) is 237 Å². The van der Waals surface area contributed by atoms with Crippen molar-refractivity contribution in [3.05, 3.63) is 0 Å². The van der Waals surface area contributed by atoms with Gasteiger partial charge in [0.05, 0.1) is 26.4 Å². The quantitative estimate of drug-likeness (QED) is 0.0222. The van der Waals surface area contributed by atoms with Crippen molar-refractivity contribution in [1.29, 1.82) is 0 Å². The van der Waals surface area contributed by atoms with Crippen LogP contribution in [-0.4, -0.2) is 96.7 Å². The first kappa shape index (κ1) is 86.1. The van der Waals surface area contributed by atoms with E-state index < -0.39 is 97.5 Å². The molecule has 0 heterocycles. The molecule has 522 valence electrons. The highest BCUT2D eigenvalue weighted by Gasteiger charge is 2.30. The Kier molecular flexibility index (Phi) is 59.9. The second-order valence-corrected chi connectivity index (χ2v) is 28.3. The number of carbonyl (C=O) groups excluding carboxylic acids is 4. The zero-order valence-corrected chi connectivity index (χ0v) is 58.8. The van der Waals surface area contributed by atoms with E-state index in [4.69, 9.17) is 37.0 Å². The van der Waals surface area contributed by atoms with Gasteiger partial charge in [0, 0.05) is 25.7 Å². The van der Waals surface area contributed by atoms with Gasteiger partial charge in [0.2, 0.25) is 0 Å². The van der Waals surface area contributed by atoms with Crippen LogP contribution in [0.5, 0.6) is 0 Å². The highest BCUT2D eigenvalue weighted by Crippen LogP contribution is 2.45. The predicted molar refractivity (Wildman–Crippen MR) is 354 cm³/mol. The number of ether oxygens (including phenoxy) is 4. The largest absolute Gasteiger partial charge is 0.472 e. The van der Waals surface area contributed by atoms with Crippen LogP contribution in [0.3, 0.4) is 0 Å². The number of unbranched alkanes of at least 4 members (excludes halogenated alkanes) is 36. The SMILES string of the molecule is CCCCCCCCCCCCCCC(=O)O[C@H](COC(=O)CCCCCCCCCC)COP(=O)(O)OC[C@H](O)COP(=O)(O)OC[C@@H](COC(=O)CCCCCCCCCCCCC(C)CC)OC(=O)CCCCCCCCCCCCC(C)CC. The smallest absolute Gasteiger partial charge is 0.462 e. The highest BCUT2D eigenvalue weighted by molar-refractivity contribution is 7.47. The number of hydrogen-bond acceptors (Lipinski definition) is 15.